The number of nitrogens with one attached hydrogen (secondary N) is 1. The fraction of sp³-hybridized carbons (Fsp3) is 0.182. The van der Waals surface area contributed by atoms with E-state index in [1.807, 2.05) is 30.5 Å². The van der Waals surface area contributed by atoms with E-state index in [9.17, 15) is 0 Å². The number of fused-ring (bicyclic) bond motifs is 1. The molecule has 0 amide bonds. The minimum Gasteiger partial charge on any atom is -0.361 e. The lowest BCUT2D eigenvalue weighted by molar-refractivity contribution is 0.113. The van der Waals surface area contributed by atoms with Crippen molar-refractivity contribution in [1.29, 1.82) is 0 Å². The lowest BCUT2D eigenvalue weighted by Crippen LogP contribution is -1.96. The Morgan fingerprint density at radius 3 is 3.00 bits per heavy atom. The Morgan fingerprint density at radius 1 is 1.47 bits per heavy atom. The molecule has 1 aromatic heterocycles. The highest BCUT2D eigenvalue weighted by atomic mass is 32.1. The third-order valence-corrected chi connectivity index (χ3v) is 2.39. The summed E-state index contributed by atoms with van der Waals surface area (Å²) in [5, 5.41) is 3.44. The molecule has 1 atom stereocenters. The van der Waals surface area contributed by atoms with Crippen molar-refractivity contribution in [2.75, 3.05) is 7.11 Å². The number of H-pyrrole nitrogens is 1. The van der Waals surface area contributed by atoms with Crippen LogP contribution in [0.5, 0.6) is 0 Å². The zero-order chi connectivity index (χ0) is 10.7. The summed E-state index contributed by atoms with van der Waals surface area (Å²) in [5.41, 5.74) is 2.04. The van der Waals surface area contributed by atoms with Gasteiger partial charge < -0.3 is 9.72 Å². The number of methoxy groups -OCH3 is 1. The number of hydrogen-bond donors (Lipinski definition) is 1. The molecule has 76 valence electrons. The molecule has 0 aliphatic rings. The summed E-state index contributed by atoms with van der Waals surface area (Å²) in [6.07, 6.45) is 1.51. The van der Waals surface area contributed by atoms with E-state index in [1.54, 1.807) is 7.11 Å². The maximum atomic E-state index is 5.23. The van der Waals surface area contributed by atoms with Crippen LogP contribution >= 0.6 is 12.2 Å². The molecular formula is C11H10N2OS. The Bertz CT molecular complexity index is 514. The van der Waals surface area contributed by atoms with Crippen molar-refractivity contribution < 1.29 is 4.74 Å². The Hall–Kier alpha value is -1.48. The average Bonchev–Trinajstić information content (AvgIpc) is 2.70. The molecule has 0 spiro atoms. The van der Waals surface area contributed by atoms with Crippen molar-refractivity contribution >= 4 is 28.3 Å². The highest BCUT2D eigenvalue weighted by Crippen LogP contribution is 2.26. The summed E-state index contributed by atoms with van der Waals surface area (Å²) >= 11 is 4.58. The Morgan fingerprint density at radius 2 is 2.27 bits per heavy atom. The molecule has 0 fully saturated rings. The Balaban J connectivity index is 2.55. The molecule has 2 aromatic rings. The predicted octanol–water partition coefficient (Wildman–Crippen LogP) is 2.92. The van der Waals surface area contributed by atoms with Gasteiger partial charge in [-0.15, -0.1) is 0 Å². The van der Waals surface area contributed by atoms with E-state index in [4.69, 9.17) is 4.74 Å². The van der Waals surface area contributed by atoms with Gasteiger partial charge in [0.05, 0.1) is 5.16 Å². The zero-order valence-electron chi connectivity index (χ0n) is 8.23. The second-order valence-corrected chi connectivity index (χ2v) is 3.28. The van der Waals surface area contributed by atoms with Gasteiger partial charge in [-0.3, -0.25) is 0 Å². The number of ether oxygens (including phenoxy) is 1. The normalized spacial score (nSPS) is 12.3. The van der Waals surface area contributed by atoms with Gasteiger partial charge in [-0.05, 0) is 18.3 Å². The molecule has 1 heterocycles. The average molecular weight is 218 g/mol. The number of nitrogens with zero attached hydrogens (tertiary/aromatic N) is 1. The van der Waals surface area contributed by atoms with E-state index in [1.165, 1.54) is 0 Å². The molecule has 1 N–H and O–H groups in total. The number of hydrogen-bond acceptors (Lipinski definition) is 3. The van der Waals surface area contributed by atoms with Crippen LogP contribution in [0.4, 0.5) is 0 Å². The van der Waals surface area contributed by atoms with Gasteiger partial charge in [0.25, 0.3) is 0 Å². The van der Waals surface area contributed by atoms with Crippen LogP contribution in [0, 0.1) is 0 Å². The van der Waals surface area contributed by atoms with E-state index in [2.05, 4.69) is 27.4 Å². The molecule has 0 aliphatic carbocycles. The molecule has 0 radical (unpaired) electrons. The highest BCUT2D eigenvalue weighted by molar-refractivity contribution is 7.78. The first kappa shape index (κ1) is 10.1. The molecule has 1 unspecified atom stereocenters. The molecule has 0 saturated carbocycles. The first-order valence-corrected chi connectivity index (χ1v) is 4.93. The van der Waals surface area contributed by atoms with Crippen molar-refractivity contribution in [1.82, 2.24) is 4.98 Å². The minimum absolute atomic E-state index is 0.376. The van der Waals surface area contributed by atoms with Gasteiger partial charge >= 0.3 is 0 Å². The van der Waals surface area contributed by atoms with Gasteiger partial charge in [0.1, 0.15) is 0 Å². The van der Waals surface area contributed by atoms with E-state index in [-0.39, 0.29) is 6.23 Å². The van der Waals surface area contributed by atoms with Crippen LogP contribution in [0.2, 0.25) is 0 Å². The first-order valence-electron chi connectivity index (χ1n) is 4.52. The second kappa shape index (κ2) is 4.36. The molecule has 3 nitrogen and oxygen atoms in total. The lowest BCUT2D eigenvalue weighted by Gasteiger charge is -2.06. The van der Waals surface area contributed by atoms with Gasteiger partial charge in [0.15, 0.2) is 6.23 Å². The molecular weight excluding hydrogens is 208 g/mol. The number of isothiocyanates is 1. The number of rotatable bonds is 3. The van der Waals surface area contributed by atoms with Crippen LogP contribution in [0.15, 0.2) is 35.5 Å². The second-order valence-electron chi connectivity index (χ2n) is 3.10. The maximum Gasteiger partial charge on any atom is 0.185 e. The molecule has 4 heteroatoms. The maximum absolute atomic E-state index is 5.23. The Kier molecular flexibility index (Phi) is 2.92. The summed E-state index contributed by atoms with van der Waals surface area (Å²) in [4.78, 5) is 7.12. The van der Waals surface area contributed by atoms with Crippen LogP contribution in [-0.2, 0) is 4.74 Å². The van der Waals surface area contributed by atoms with Crippen LogP contribution in [0.1, 0.15) is 11.8 Å². The van der Waals surface area contributed by atoms with Gasteiger partial charge in [-0.2, -0.15) is 4.99 Å². The van der Waals surface area contributed by atoms with Crippen molar-refractivity contribution in [3.63, 3.8) is 0 Å². The topological polar surface area (TPSA) is 37.4 Å². The number of aromatic amines is 1. The summed E-state index contributed by atoms with van der Waals surface area (Å²) in [7, 11) is 1.60. The standard InChI is InChI=1S/C11H10N2OS/c1-14-11(13-7-15)9-6-12-10-5-3-2-4-8(9)10/h2-6,11-12H,1H3. The summed E-state index contributed by atoms with van der Waals surface area (Å²) in [6, 6.07) is 7.99. The number of aliphatic imine (C=N–C) groups is 1. The smallest absolute Gasteiger partial charge is 0.185 e. The van der Waals surface area contributed by atoms with Gasteiger partial charge in [0, 0.05) is 29.8 Å². The molecule has 2 rings (SSSR count). The number of thiocarbonyl (C=S) groups is 1. The van der Waals surface area contributed by atoms with Crippen LogP contribution in [-0.4, -0.2) is 17.3 Å². The van der Waals surface area contributed by atoms with Crippen LogP contribution in [0.3, 0.4) is 0 Å². The van der Waals surface area contributed by atoms with E-state index >= 15 is 0 Å². The fourth-order valence-corrected chi connectivity index (χ4v) is 1.69. The summed E-state index contributed by atoms with van der Waals surface area (Å²) in [5.74, 6) is 0. The third-order valence-electron chi connectivity index (χ3n) is 2.28. The van der Waals surface area contributed by atoms with Crippen LogP contribution < -0.4 is 0 Å². The highest BCUT2D eigenvalue weighted by Gasteiger charge is 2.12. The quantitative estimate of drug-likeness (QED) is 0.635. The lowest BCUT2D eigenvalue weighted by atomic mass is 10.1. The SMILES string of the molecule is COC(N=C=S)c1c[nH]c2ccccc12. The van der Waals surface area contributed by atoms with E-state index in [0.717, 1.165) is 16.5 Å². The zero-order valence-corrected chi connectivity index (χ0v) is 9.04. The fourth-order valence-electron chi connectivity index (χ4n) is 1.60. The third kappa shape index (κ3) is 1.83. The van der Waals surface area contributed by atoms with Crippen molar-refractivity contribution in [2.24, 2.45) is 4.99 Å². The van der Waals surface area contributed by atoms with Crippen LogP contribution in [0.25, 0.3) is 10.9 Å². The largest absolute Gasteiger partial charge is 0.361 e. The summed E-state index contributed by atoms with van der Waals surface area (Å²) < 4.78 is 5.23. The Labute approximate surface area is 92.8 Å². The van der Waals surface area contributed by atoms with Crippen molar-refractivity contribution in [3.8, 4) is 0 Å². The molecule has 1 aromatic carbocycles. The van der Waals surface area contributed by atoms with Crippen molar-refractivity contribution in [2.45, 2.75) is 6.23 Å². The number of para-hydroxylation sites is 1. The number of benzene rings is 1. The van der Waals surface area contributed by atoms with E-state index in [0.29, 0.717) is 0 Å². The monoisotopic (exact) mass is 218 g/mol. The summed E-state index contributed by atoms with van der Waals surface area (Å²) in [6.45, 7) is 0. The molecule has 0 bridgehead atoms. The van der Waals surface area contributed by atoms with Crippen molar-refractivity contribution in [3.05, 3.63) is 36.0 Å². The molecule has 0 aliphatic heterocycles. The minimum atomic E-state index is -0.376. The molecule has 0 saturated heterocycles. The predicted molar refractivity (Wildman–Crippen MR) is 63.1 cm³/mol. The first-order chi connectivity index (χ1) is 7.36. The number of aromatic nitrogens is 1. The van der Waals surface area contributed by atoms with Gasteiger partial charge in [-0.1, -0.05) is 18.2 Å². The van der Waals surface area contributed by atoms with E-state index < -0.39 is 0 Å². The van der Waals surface area contributed by atoms with Gasteiger partial charge in [0.2, 0.25) is 0 Å². The molecule has 15 heavy (non-hydrogen) atoms. The van der Waals surface area contributed by atoms with Gasteiger partial charge in [-0.25, -0.2) is 0 Å².